The van der Waals surface area contributed by atoms with Gasteiger partial charge in [-0.3, -0.25) is 9.59 Å². The van der Waals surface area contributed by atoms with Crippen molar-refractivity contribution in [1.29, 1.82) is 0 Å². The van der Waals surface area contributed by atoms with Gasteiger partial charge in [0.15, 0.2) is 0 Å². The number of ether oxygens (including phenoxy) is 2. The van der Waals surface area contributed by atoms with Crippen LogP contribution in [0.1, 0.15) is 0 Å². The van der Waals surface area contributed by atoms with E-state index in [-0.39, 0.29) is 16.3 Å². The van der Waals surface area contributed by atoms with Crippen molar-refractivity contribution >= 4 is 58.2 Å². The molecule has 0 saturated heterocycles. The summed E-state index contributed by atoms with van der Waals surface area (Å²) in [5.41, 5.74) is 0.992. The molecule has 6 nitrogen and oxygen atoms in total. The molecule has 1 aliphatic heterocycles. The van der Waals surface area contributed by atoms with Crippen LogP contribution in [0.3, 0.4) is 0 Å². The minimum Gasteiger partial charge on any atom is -0.497 e. The summed E-state index contributed by atoms with van der Waals surface area (Å²) in [7, 11) is 3.02. The topological polar surface area (TPSA) is 67.9 Å². The zero-order valence-electron chi connectivity index (χ0n) is 17.6. The Kier molecular flexibility index (Phi) is 6.83. The number of benzene rings is 3. The third-order valence-corrected chi connectivity index (χ3v) is 6.37. The van der Waals surface area contributed by atoms with Gasteiger partial charge in [0.05, 0.1) is 19.9 Å². The summed E-state index contributed by atoms with van der Waals surface area (Å²) in [4.78, 5) is 29.1. The first kappa shape index (κ1) is 23.0. The van der Waals surface area contributed by atoms with E-state index in [0.29, 0.717) is 27.2 Å². The summed E-state index contributed by atoms with van der Waals surface area (Å²) in [6, 6.07) is 18.8. The lowest BCUT2D eigenvalue weighted by Crippen LogP contribution is -2.32. The van der Waals surface area contributed by atoms with Crippen LogP contribution in [0.2, 0.25) is 10.0 Å². The van der Waals surface area contributed by atoms with Gasteiger partial charge in [0.1, 0.15) is 22.1 Å². The molecular formula is C24H18Cl2N2O4S. The van der Waals surface area contributed by atoms with Crippen molar-refractivity contribution < 1.29 is 19.1 Å². The van der Waals surface area contributed by atoms with E-state index >= 15 is 0 Å². The number of thioether (sulfide) groups is 1. The fourth-order valence-corrected chi connectivity index (χ4v) is 4.46. The van der Waals surface area contributed by atoms with E-state index in [0.717, 1.165) is 9.80 Å². The van der Waals surface area contributed by atoms with Crippen LogP contribution < -0.4 is 19.7 Å². The third kappa shape index (κ3) is 4.80. The molecular weight excluding hydrogens is 483 g/mol. The molecule has 168 valence electrons. The molecule has 3 aromatic carbocycles. The average Bonchev–Trinajstić information content (AvgIpc) is 3.04. The summed E-state index contributed by atoms with van der Waals surface area (Å²) in [5, 5.41) is 4.04. The molecule has 0 atom stereocenters. The molecule has 0 unspecified atom stereocenters. The number of hydrogen-bond acceptors (Lipinski definition) is 6. The molecule has 0 saturated carbocycles. The van der Waals surface area contributed by atoms with Crippen LogP contribution >= 0.6 is 35.0 Å². The quantitative estimate of drug-likeness (QED) is 0.401. The molecule has 0 aromatic heterocycles. The van der Waals surface area contributed by atoms with E-state index in [2.05, 4.69) is 5.32 Å². The maximum atomic E-state index is 13.5. The number of halogens is 2. The molecule has 0 fully saturated rings. The third-order valence-electron chi connectivity index (χ3n) is 4.80. The predicted octanol–water partition coefficient (Wildman–Crippen LogP) is 6.00. The molecule has 0 aliphatic carbocycles. The summed E-state index contributed by atoms with van der Waals surface area (Å²) >= 11 is 13.3. The smallest absolute Gasteiger partial charge is 0.283 e. The Morgan fingerprint density at radius 3 is 2.27 bits per heavy atom. The Balaban J connectivity index is 1.78. The highest BCUT2D eigenvalue weighted by atomic mass is 35.5. The van der Waals surface area contributed by atoms with Gasteiger partial charge in [0.25, 0.3) is 11.8 Å². The van der Waals surface area contributed by atoms with Gasteiger partial charge >= 0.3 is 0 Å². The van der Waals surface area contributed by atoms with Gasteiger partial charge in [-0.15, -0.1) is 0 Å². The van der Waals surface area contributed by atoms with Gasteiger partial charge in [0, 0.05) is 26.7 Å². The number of carbonyl (C=O) groups excluding carboxylic acids is 2. The van der Waals surface area contributed by atoms with Crippen LogP contribution in [0.4, 0.5) is 11.4 Å². The molecule has 0 spiro atoms. The molecule has 0 bridgehead atoms. The fourth-order valence-electron chi connectivity index (χ4n) is 3.24. The lowest BCUT2D eigenvalue weighted by molar-refractivity contribution is -0.120. The minimum atomic E-state index is -0.528. The molecule has 0 radical (unpaired) electrons. The second kappa shape index (κ2) is 9.79. The van der Waals surface area contributed by atoms with E-state index in [4.69, 9.17) is 32.7 Å². The van der Waals surface area contributed by atoms with Gasteiger partial charge in [-0.1, -0.05) is 41.0 Å². The van der Waals surface area contributed by atoms with Crippen LogP contribution in [-0.4, -0.2) is 26.0 Å². The Bertz CT molecular complexity index is 1260. The SMILES string of the molecule is COc1cccc(NC2=C(Sc3ccc(Cl)cc3)C(=O)N(c3cc(Cl)ccc3OC)C2=O)c1. The number of amides is 2. The second-order valence-corrected chi connectivity index (χ2v) is 8.84. The van der Waals surface area contributed by atoms with E-state index in [1.54, 1.807) is 67.8 Å². The number of carbonyl (C=O) groups is 2. The number of imide groups is 1. The van der Waals surface area contributed by atoms with Crippen LogP contribution in [0, 0.1) is 0 Å². The fraction of sp³-hybridized carbons (Fsp3) is 0.0833. The number of nitrogens with zero attached hydrogens (tertiary/aromatic N) is 1. The molecule has 9 heteroatoms. The van der Waals surface area contributed by atoms with E-state index in [1.165, 1.54) is 24.9 Å². The molecule has 1 aliphatic rings. The highest BCUT2D eigenvalue weighted by molar-refractivity contribution is 8.04. The van der Waals surface area contributed by atoms with Crippen LogP contribution in [-0.2, 0) is 9.59 Å². The summed E-state index contributed by atoms with van der Waals surface area (Å²) in [6.45, 7) is 0. The number of hydrogen-bond donors (Lipinski definition) is 1. The minimum absolute atomic E-state index is 0.134. The second-order valence-electron chi connectivity index (χ2n) is 6.88. The first-order valence-corrected chi connectivity index (χ1v) is 11.3. The highest BCUT2D eigenvalue weighted by Gasteiger charge is 2.41. The summed E-state index contributed by atoms with van der Waals surface area (Å²) < 4.78 is 10.6. The van der Waals surface area contributed by atoms with Gasteiger partial charge < -0.3 is 14.8 Å². The number of anilines is 2. The van der Waals surface area contributed by atoms with Crippen molar-refractivity contribution in [2.75, 3.05) is 24.4 Å². The van der Waals surface area contributed by atoms with E-state index in [1.807, 2.05) is 0 Å². The normalized spacial score (nSPS) is 13.5. The lowest BCUT2D eigenvalue weighted by atomic mass is 10.2. The molecule has 3 aromatic rings. The maximum absolute atomic E-state index is 13.5. The van der Waals surface area contributed by atoms with Crippen molar-refractivity contribution in [1.82, 2.24) is 0 Å². The summed E-state index contributed by atoms with van der Waals surface area (Å²) in [6.07, 6.45) is 0. The van der Waals surface area contributed by atoms with Crippen molar-refractivity contribution in [3.63, 3.8) is 0 Å². The Labute approximate surface area is 205 Å². The molecule has 2 amide bonds. The van der Waals surface area contributed by atoms with Crippen LogP contribution in [0.15, 0.2) is 82.2 Å². The monoisotopic (exact) mass is 500 g/mol. The first-order chi connectivity index (χ1) is 15.9. The summed E-state index contributed by atoms with van der Waals surface area (Å²) in [5.74, 6) is -0.0667. The number of rotatable bonds is 7. The van der Waals surface area contributed by atoms with Gasteiger partial charge in [-0.05, 0) is 54.6 Å². The highest BCUT2D eigenvalue weighted by Crippen LogP contribution is 2.41. The van der Waals surface area contributed by atoms with Crippen molar-refractivity contribution in [2.45, 2.75) is 4.90 Å². The average molecular weight is 501 g/mol. The maximum Gasteiger partial charge on any atom is 0.283 e. The number of methoxy groups -OCH3 is 2. The molecule has 33 heavy (non-hydrogen) atoms. The Hall–Kier alpha value is -3.13. The van der Waals surface area contributed by atoms with Crippen molar-refractivity contribution in [3.05, 3.63) is 87.4 Å². The molecule has 1 heterocycles. The van der Waals surface area contributed by atoms with Crippen molar-refractivity contribution in [2.24, 2.45) is 0 Å². The Morgan fingerprint density at radius 1 is 0.848 bits per heavy atom. The van der Waals surface area contributed by atoms with Crippen molar-refractivity contribution in [3.8, 4) is 11.5 Å². The van der Waals surface area contributed by atoms with Gasteiger partial charge in [0.2, 0.25) is 0 Å². The standard InChI is InChI=1S/C24H18Cl2N2O4S/c1-31-17-5-3-4-16(13-17)27-21-22(33-18-9-6-14(25)7-10-18)24(30)28(23(21)29)19-12-15(26)8-11-20(19)32-2/h3-13,27H,1-2H3. The predicted molar refractivity (Wildman–Crippen MR) is 131 cm³/mol. The van der Waals surface area contributed by atoms with Gasteiger partial charge in [-0.25, -0.2) is 4.90 Å². The Morgan fingerprint density at radius 2 is 1.58 bits per heavy atom. The zero-order valence-corrected chi connectivity index (χ0v) is 19.9. The van der Waals surface area contributed by atoms with Crippen LogP contribution in [0.25, 0.3) is 0 Å². The lowest BCUT2D eigenvalue weighted by Gasteiger charge is -2.18. The molecule has 1 N–H and O–H groups in total. The number of nitrogens with one attached hydrogen (secondary N) is 1. The van der Waals surface area contributed by atoms with E-state index < -0.39 is 11.8 Å². The zero-order chi connectivity index (χ0) is 23.5. The van der Waals surface area contributed by atoms with Crippen LogP contribution in [0.5, 0.6) is 11.5 Å². The van der Waals surface area contributed by atoms with E-state index in [9.17, 15) is 9.59 Å². The first-order valence-electron chi connectivity index (χ1n) is 9.72. The van der Waals surface area contributed by atoms with Gasteiger partial charge in [-0.2, -0.15) is 0 Å². The largest absolute Gasteiger partial charge is 0.497 e. The molecule has 4 rings (SSSR count).